The van der Waals surface area contributed by atoms with E-state index in [-0.39, 0.29) is 55.6 Å². The molecule has 1 aromatic heterocycles. The number of aromatic nitrogens is 1. The van der Waals surface area contributed by atoms with E-state index in [9.17, 15) is 24.3 Å². The average molecular weight is 936 g/mol. The largest absolute Gasteiger partial charge is 0.494 e. The first-order valence-corrected chi connectivity index (χ1v) is 23.9. The normalized spacial score (nSPS) is 18.8. The number of guanidine groups is 1. The number of β-amino-alcohol motifs (C(OH)–C–C–N with tert-alkyl or cyclic N) is 1. The third-order valence-corrected chi connectivity index (χ3v) is 13.8. The van der Waals surface area contributed by atoms with Gasteiger partial charge in [-0.05, 0) is 97.8 Å². The molecule has 0 bridgehead atoms. The Balaban J connectivity index is 0.829. The maximum Gasteiger partial charge on any atom is 0.255 e. The molecule has 0 radical (unpaired) electrons. The topological polar surface area (TPSA) is 224 Å². The van der Waals surface area contributed by atoms with E-state index >= 15 is 0 Å². The fourth-order valence-electron chi connectivity index (χ4n) is 9.08. The smallest absolute Gasteiger partial charge is 0.255 e. The number of hydrogen-bond donors (Lipinski definition) is 6. The molecule has 67 heavy (non-hydrogen) atoms. The minimum absolute atomic E-state index is 0.0253. The van der Waals surface area contributed by atoms with Crippen molar-refractivity contribution in [1.29, 1.82) is 0 Å². The summed E-state index contributed by atoms with van der Waals surface area (Å²) >= 11 is 1.58. The van der Waals surface area contributed by atoms with Crippen LogP contribution in [0.5, 0.6) is 5.75 Å². The lowest BCUT2D eigenvalue weighted by Crippen LogP contribution is -2.59. The Morgan fingerprint density at radius 3 is 2.27 bits per heavy atom. The van der Waals surface area contributed by atoms with E-state index in [2.05, 4.69) is 40.6 Å². The number of ether oxygens (including phenoxy) is 1. The van der Waals surface area contributed by atoms with Gasteiger partial charge in [0.05, 0.1) is 35.8 Å². The molecule has 4 heterocycles. The van der Waals surface area contributed by atoms with E-state index in [0.717, 1.165) is 86.0 Å². The highest BCUT2D eigenvalue weighted by Crippen LogP contribution is 2.31. The van der Waals surface area contributed by atoms with Crippen LogP contribution in [0.25, 0.3) is 10.4 Å². The van der Waals surface area contributed by atoms with Crippen molar-refractivity contribution in [2.45, 2.75) is 71.7 Å². The number of thiazole rings is 1. The molecule has 0 aliphatic carbocycles. The van der Waals surface area contributed by atoms with Gasteiger partial charge in [0, 0.05) is 69.2 Å². The molecule has 17 nitrogen and oxygen atoms in total. The van der Waals surface area contributed by atoms with Crippen LogP contribution >= 0.6 is 11.3 Å². The number of carbonyl (C=O) groups is 4. The standard InChI is InChI=1S/C49H65N11O6S/c1-31-43(67-30-53-31)34-8-6-32(7-9-34)26-52-46(64)40-25-38(61)28-60(40)47(65)44(49(2,3)4)56-42(62)29-57-18-16-33(17-19-57)27-58-20-22-59(23-21-58)37-13-11-36(12-14-37)54-45(63)35-10-15-39(55-48(50)51)41(24-35)66-5/h6-15,24,30,33,38,40,44,61H,16-23,25-29H2,1-5H3,(H,52,64)(H,54,63)(H,56,62)(H4,50,51,55)/t38-,40+,44-/m1/s1. The van der Waals surface area contributed by atoms with E-state index in [4.69, 9.17) is 16.2 Å². The zero-order valence-corrected chi connectivity index (χ0v) is 40.0. The van der Waals surface area contributed by atoms with E-state index in [1.165, 1.54) is 12.0 Å². The highest BCUT2D eigenvalue weighted by molar-refractivity contribution is 7.13. The Kier molecular flexibility index (Phi) is 15.8. The molecule has 3 fully saturated rings. The Morgan fingerprint density at radius 1 is 0.940 bits per heavy atom. The lowest BCUT2D eigenvalue weighted by atomic mass is 9.85. The highest BCUT2D eigenvalue weighted by atomic mass is 32.1. The number of amides is 4. The van der Waals surface area contributed by atoms with E-state index in [0.29, 0.717) is 28.6 Å². The summed E-state index contributed by atoms with van der Waals surface area (Å²) in [6.45, 7) is 14.4. The number of benzene rings is 3. The van der Waals surface area contributed by atoms with Gasteiger partial charge in [0.15, 0.2) is 5.96 Å². The van der Waals surface area contributed by atoms with Crippen LogP contribution in [0.4, 0.5) is 17.1 Å². The summed E-state index contributed by atoms with van der Waals surface area (Å²) in [5.41, 5.74) is 17.8. The summed E-state index contributed by atoms with van der Waals surface area (Å²) in [7, 11) is 1.49. The number of aryl methyl sites for hydroxylation is 1. The van der Waals surface area contributed by atoms with Crippen LogP contribution < -0.4 is 37.1 Å². The SMILES string of the molecule is COc1cc(C(=O)Nc2ccc(N3CCN(CC4CCN(CC(=O)N[C@H](C(=O)N5C[C@H](O)C[C@H]5C(=O)NCc5ccc(-c6scnc6C)cc5)C(C)(C)C)CC4)CC3)cc2)ccc1N=C(N)N. The average Bonchev–Trinajstić information content (AvgIpc) is 3.93. The summed E-state index contributed by atoms with van der Waals surface area (Å²) in [4.78, 5) is 72.2. The van der Waals surface area contributed by atoms with Gasteiger partial charge in [0.2, 0.25) is 17.7 Å². The van der Waals surface area contributed by atoms with E-state index in [1.54, 1.807) is 29.5 Å². The van der Waals surface area contributed by atoms with Crippen LogP contribution in [-0.2, 0) is 20.9 Å². The zero-order chi connectivity index (χ0) is 47.8. The van der Waals surface area contributed by atoms with Crippen molar-refractivity contribution in [2.75, 3.05) is 76.2 Å². The van der Waals surface area contributed by atoms with Crippen LogP contribution in [-0.4, -0.2) is 139 Å². The predicted molar refractivity (Wildman–Crippen MR) is 262 cm³/mol. The Morgan fingerprint density at radius 2 is 1.64 bits per heavy atom. The number of hydrogen-bond acceptors (Lipinski definition) is 12. The van der Waals surface area contributed by atoms with Crippen molar-refractivity contribution in [3.8, 4) is 16.2 Å². The van der Waals surface area contributed by atoms with Crippen molar-refractivity contribution in [3.63, 3.8) is 0 Å². The molecule has 0 saturated carbocycles. The third kappa shape index (κ3) is 12.7. The van der Waals surface area contributed by atoms with Gasteiger partial charge in [-0.3, -0.25) is 29.0 Å². The maximum absolute atomic E-state index is 14.2. The molecule has 3 atom stereocenters. The maximum atomic E-state index is 14.2. The molecule has 3 saturated heterocycles. The number of anilines is 2. The fourth-order valence-corrected chi connectivity index (χ4v) is 9.89. The summed E-state index contributed by atoms with van der Waals surface area (Å²) in [6, 6.07) is 19.0. The zero-order valence-electron chi connectivity index (χ0n) is 39.2. The van der Waals surface area contributed by atoms with E-state index < -0.39 is 23.6 Å². The van der Waals surface area contributed by atoms with Crippen LogP contribution in [0.15, 0.2) is 77.2 Å². The summed E-state index contributed by atoms with van der Waals surface area (Å²) in [5, 5.41) is 19.6. The van der Waals surface area contributed by atoms with Gasteiger partial charge in [-0.15, -0.1) is 11.3 Å². The first-order valence-electron chi connectivity index (χ1n) is 23.0. The Labute approximate surface area is 396 Å². The molecule has 3 aliphatic heterocycles. The molecule has 3 aromatic carbocycles. The molecule has 18 heteroatoms. The number of nitrogens with two attached hydrogens (primary N) is 2. The van der Waals surface area contributed by atoms with E-state index in [1.807, 2.05) is 81.7 Å². The van der Waals surface area contributed by atoms with Crippen LogP contribution in [0.2, 0.25) is 0 Å². The number of aliphatic hydroxyl groups excluding tert-OH is 1. The van der Waals surface area contributed by atoms with Crippen molar-refractivity contribution >= 4 is 58.0 Å². The molecular formula is C49H65N11O6S. The molecule has 4 amide bonds. The molecular weight excluding hydrogens is 871 g/mol. The van der Waals surface area contributed by atoms with Crippen LogP contribution in [0.1, 0.15) is 61.6 Å². The van der Waals surface area contributed by atoms with Crippen molar-refractivity contribution in [3.05, 3.63) is 89.1 Å². The molecule has 0 unspecified atom stereocenters. The Bertz CT molecular complexity index is 2380. The quantitative estimate of drug-likeness (QED) is 0.0738. The number of piperidine rings is 1. The van der Waals surface area contributed by atoms with Crippen molar-refractivity contribution in [1.82, 2.24) is 30.3 Å². The lowest BCUT2D eigenvalue weighted by molar-refractivity contribution is -0.144. The van der Waals surface area contributed by atoms with Gasteiger partial charge in [0.1, 0.15) is 23.5 Å². The highest BCUT2D eigenvalue weighted by Gasteiger charge is 2.44. The number of aliphatic imine (C=N–C) groups is 1. The number of aliphatic hydroxyl groups is 1. The lowest BCUT2D eigenvalue weighted by Gasteiger charge is -2.40. The number of carbonyl (C=O) groups excluding carboxylic acids is 4. The van der Waals surface area contributed by atoms with Gasteiger partial charge in [0.25, 0.3) is 5.91 Å². The second-order valence-electron chi connectivity index (χ2n) is 18.9. The number of methoxy groups -OCH3 is 1. The second-order valence-corrected chi connectivity index (χ2v) is 19.7. The number of likely N-dealkylation sites (tertiary alicyclic amines) is 2. The number of rotatable bonds is 15. The number of piperazine rings is 1. The predicted octanol–water partition coefficient (Wildman–Crippen LogP) is 3.93. The molecule has 8 N–H and O–H groups in total. The van der Waals surface area contributed by atoms with Crippen LogP contribution in [0, 0.1) is 18.3 Å². The van der Waals surface area contributed by atoms with Gasteiger partial charge >= 0.3 is 0 Å². The molecule has 358 valence electrons. The van der Waals surface area contributed by atoms with Gasteiger partial charge < -0.3 is 47.1 Å². The molecule has 4 aromatic rings. The summed E-state index contributed by atoms with van der Waals surface area (Å²) in [6.07, 6.45) is 1.25. The first kappa shape index (κ1) is 48.8. The summed E-state index contributed by atoms with van der Waals surface area (Å²) < 4.78 is 5.36. The first-order chi connectivity index (χ1) is 32.0. The minimum atomic E-state index is -0.878. The minimum Gasteiger partial charge on any atom is -0.494 e. The molecule has 7 rings (SSSR count). The van der Waals surface area contributed by atoms with Crippen molar-refractivity contribution < 1.29 is 29.0 Å². The number of nitrogens with zero attached hydrogens (tertiary/aromatic N) is 6. The number of nitrogens with one attached hydrogen (secondary N) is 3. The Hall–Kier alpha value is -6.08. The summed E-state index contributed by atoms with van der Waals surface area (Å²) in [5.74, 6) is -0.395. The monoisotopic (exact) mass is 935 g/mol. The fraction of sp³-hybridized carbons (Fsp3) is 0.469. The van der Waals surface area contributed by atoms with Gasteiger partial charge in [-0.2, -0.15) is 0 Å². The van der Waals surface area contributed by atoms with Crippen LogP contribution in [0.3, 0.4) is 0 Å². The molecule has 3 aliphatic rings. The third-order valence-electron chi connectivity index (χ3n) is 12.9. The van der Waals surface area contributed by atoms with Gasteiger partial charge in [-0.25, -0.2) is 9.98 Å². The second kappa shape index (κ2) is 21.7. The molecule has 0 spiro atoms. The van der Waals surface area contributed by atoms with Gasteiger partial charge in [-0.1, -0.05) is 45.0 Å². The van der Waals surface area contributed by atoms with Crippen molar-refractivity contribution in [2.24, 2.45) is 27.8 Å².